The molecule has 26 heavy (non-hydrogen) atoms. The zero-order valence-electron chi connectivity index (χ0n) is 15.4. The van der Waals surface area contributed by atoms with Crippen LogP contribution in [0.5, 0.6) is 0 Å². The van der Waals surface area contributed by atoms with Crippen LogP contribution in [0, 0.1) is 0 Å². The Labute approximate surface area is 155 Å². The van der Waals surface area contributed by atoms with Crippen LogP contribution in [0.4, 0.5) is 5.69 Å². The topological polar surface area (TPSA) is 78.5 Å². The Morgan fingerprint density at radius 3 is 2.27 bits per heavy atom. The van der Waals surface area contributed by atoms with Crippen LogP contribution in [0.1, 0.15) is 25.5 Å². The van der Waals surface area contributed by atoms with E-state index < -0.39 is 16.1 Å². The summed E-state index contributed by atoms with van der Waals surface area (Å²) >= 11 is 0. The van der Waals surface area contributed by atoms with Crippen LogP contribution >= 0.6 is 0 Å². The van der Waals surface area contributed by atoms with E-state index in [0.29, 0.717) is 5.69 Å². The van der Waals surface area contributed by atoms with Gasteiger partial charge in [0.1, 0.15) is 0 Å². The Kier molecular flexibility index (Phi) is 6.52. The van der Waals surface area contributed by atoms with Gasteiger partial charge in [-0.05, 0) is 37.6 Å². The minimum Gasteiger partial charge on any atom is -0.325 e. The van der Waals surface area contributed by atoms with Gasteiger partial charge in [0.05, 0.1) is 10.9 Å². The number of anilines is 1. The Morgan fingerprint density at radius 2 is 1.65 bits per heavy atom. The van der Waals surface area contributed by atoms with Crippen molar-refractivity contribution in [1.29, 1.82) is 0 Å². The van der Waals surface area contributed by atoms with E-state index in [4.69, 9.17) is 0 Å². The van der Waals surface area contributed by atoms with E-state index in [1.165, 1.54) is 26.2 Å². The molecule has 0 heterocycles. The first-order valence-corrected chi connectivity index (χ1v) is 9.80. The molecule has 0 unspecified atom stereocenters. The van der Waals surface area contributed by atoms with Gasteiger partial charge in [-0.25, -0.2) is 12.7 Å². The van der Waals surface area contributed by atoms with Crippen molar-refractivity contribution in [2.24, 2.45) is 0 Å². The summed E-state index contributed by atoms with van der Waals surface area (Å²) in [6.07, 6.45) is 0. The average molecular weight is 375 g/mol. The van der Waals surface area contributed by atoms with E-state index in [2.05, 4.69) is 10.6 Å². The van der Waals surface area contributed by atoms with Crippen molar-refractivity contribution in [3.63, 3.8) is 0 Å². The van der Waals surface area contributed by atoms with Crippen molar-refractivity contribution in [3.05, 3.63) is 60.2 Å². The Bertz CT molecular complexity index is 851. The molecule has 140 valence electrons. The predicted molar refractivity (Wildman–Crippen MR) is 103 cm³/mol. The SMILES string of the molecule is C[C@@H](N[C@H](C)c1ccccc1)C(=O)Nc1cccc(S(=O)(=O)N(C)C)c1. The van der Waals surface area contributed by atoms with Crippen molar-refractivity contribution in [3.8, 4) is 0 Å². The molecular weight excluding hydrogens is 350 g/mol. The number of carbonyl (C=O) groups excluding carboxylic acids is 1. The van der Waals surface area contributed by atoms with Crippen LogP contribution in [-0.2, 0) is 14.8 Å². The van der Waals surface area contributed by atoms with Crippen molar-refractivity contribution in [2.75, 3.05) is 19.4 Å². The Hall–Kier alpha value is -2.22. The van der Waals surface area contributed by atoms with E-state index in [1.807, 2.05) is 37.3 Å². The lowest BCUT2D eigenvalue weighted by Gasteiger charge is -2.20. The number of hydrogen-bond donors (Lipinski definition) is 2. The van der Waals surface area contributed by atoms with Crippen LogP contribution < -0.4 is 10.6 Å². The molecule has 0 spiro atoms. The first-order valence-electron chi connectivity index (χ1n) is 8.36. The number of carbonyl (C=O) groups is 1. The summed E-state index contributed by atoms with van der Waals surface area (Å²) in [4.78, 5) is 12.6. The molecule has 2 atom stereocenters. The van der Waals surface area contributed by atoms with Gasteiger partial charge in [0, 0.05) is 25.8 Å². The largest absolute Gasteiger partial charge is 0.325 e. The smallest absolute Gasteiger partial charge is 0.242 e. The minimum absolute atomic E-state index is 0.0115. The summed E-state index contributed by atoms with van der Waals surface area (Å²) in [5, 5.41) is 6.01. The zero-order valence-corrected chi connectivity index (χ0v) is 16.2. The molecule has 2 rings (SSSR count). The van der Waals surface area contributed by atoms with Gasteiger partial charge in [0.25, 0.3) is 0 Å². The van der Waals surface area contributed by atoms with Gasteiger partial charge in [0.2, 0.25) is 15.9 Å². The minimum atomic E-state index is -3.54. The second-order valence-electron chi connectivity index (χ2n) is 6.33. The van der Waals surface area contributed by atoms with E-state index in [1.54, 1.807) is 19.1 Å². The van der Waals surface area contributed by atoms with E-state index in [9.17, 15) is 13.2 Å². The predicted octanol–water partition coefficient (Wildman–Crippen LogP) is 2.61. The number of hydrogen-bond acceptors (Lipinski definition) is 4. The highest BCUT2D eigenvalue weighted by Gasteiger charge is 2.19. The molecule has 0 radical (unpaired) electrons. The molecule has 2 aromatic carbocycles. The van der Waals surface area contributed by atoms with Gasteiger partial charge in [0.15, 0.2) is 0 Å². The van der Waals surface area contributed by atoms with Gasteiger partial charge >= 0.3 is 0 Å². The summed E-state index contributed by atoms with van der Waals surface area (Å²) in [6, 6.07) is 15.7. The van der Waals surface area contributed by atoms with Gasteiger partial charge in [-0.2, -0.15) is 0 Å². The number of nitrogens with one attached hydrogen (secondary N) is 2. The van der Waals surface area contributed by atoms with Crippen molar-refractivity contribution >= 4 is 21.6 Å². The van der Waals surface area contributed by atoms with Crippen molar-refractivity contribution in [2.45, 2.75) is 30.8 Å². The summed E-state index contributed by atoms with van der Waals surface area (Å²) in [7, 11) is -0.604. The Morgan fingerprint density at radius 1 is 1.00 bits per heavy atom. The molecule has 2 N–H and O–H groups in total. The summed E-state index contributed by atoms with van der Waals surface area (Å²) in [5.74, 6) is -0.229. The maximum absolute atomic E-state index is 12.4. The number of rotatable bonds is 7. The Balaban J connectivity index is 2.05. The normalized spacial score (nSPS) is 14.0. The highest BCUT2D eigenvalue weighted by atomic mass is 32.2. The first-order chi connectivity index (χ1) is 12.2. The third-order valence-electron chi connectivity index (χ3n) is 4.07. The standard InChI is InChI=1S/C19H25N3O3S/c1-14(16-9-6-5-7-10-16)20-15(2)19(23)21-17-11-8-12-18(13-17)26(24,25)22(3)4/h5-15,20H,1-4H3,(H,21,23)/t14-,15-/m1/s1. The molecule has 1 amide bonds. The number of nitrogens with zero attached hydrogens (tertiary/aromatic N) is 1. The molecule has 0 saturated heterocycles. The molecule has 0 aliphatic heterocycles. The van der Waals surface area contributed by atoms with Gasteiger partial charge in [-0.15, -0.1) is 0 Å². The number of benzene rings is 2. The lowest BCUT2D eigenvalue weighted by molar-refractivity contribution is -0.117. The molecule has 6 nitrogen and oxygen atoms in total. The fourth-order valence-corrected chi connectivity index (χ4v) is 3.43. The second-order valence-corrected chi connectivity index (χ2v) is 8.48. The van der Waals surface area contributed by atoms with Gasteiger partial charge < -0.3 is 5.32 Å². The molecule has 7 heteroatoms. The fourth-order valence-electron chi connectivity index (χ4n) is 2.48. The van der Waals surface area contributed by atoms with E-state index >= 15 is 0 Å². The van der Waals surface area contributed by atoms with Crippen LogP contribution in [0.15, 0.2) is 59.5 Å². The quantitative estimate of drug-likeness (QED) is 0.780. The summed E-state index contributed by atoms with van der Waals surface area (Å²) in [5.41, 5.74) is 1.53. The molecule has 0 saturated carbocycles. The fraction of sp³-hybridized carbons (Fsp3) is 0.316. The second kappa shape index (κ2) is 8.44. The zero-order chi connectivity index (χ0) is 19.3. The highest BCUT2D eigenvalue weighted by molar-refractivity contribution is 7.89. The van der Waals surface area contributed by atoms with Gasteiger partial charge in [-0.1, -0.05) is 36.4 Å². The molecule has 0 aliphatic carbocycles. The summed E-state index contributed by atoms with van der Waals surface area (Å²) in [6.45, 7) is 3.76. The molecular formula is C19H25N3O3S. The van der Waals surface area contributed by atoms with Crippen LogP contribution in [0.3, 0.4) is 0 Å². The lowest BCUT2D eigenvalue weighted by atomic mass is 10.1. The van der Waals surface area contributed by atoms with E-state index in [0.717, 1.165) is 9.87 Å². The molecule has 2 aromatic rings. The number of amides is 1. The lowest BCUT2D eigenvalue weighted by Crippen LogP contribution is -2.39. The van der Waals surface area contributed by atoms with Crippen LogP contribution in [0.2, 0.25) is 0 Å². The maximum atomic E-state index is 12.4. The molecule has 0 aromatic heterocycles. The maximum Gasteiger partial charge on any atom is 0.242 e. The van der Waals surface area contributed by atoms with Crippen molar-refractivity contribution < 1.29 is 13.2 Å². The van der Waals surface area contributed by atoms with Gasteiger partial charge in [-0.3, -0.25) is 10.1 Å². The first kappa shape index (κ1) is 20.1. The van der Waals surface area contributed by atoms with Crippen molar-refractivity contribution in [1.82, 2.24) is 9.62 Å². The third kappa shape index (κ3) is 4.91. The molecule has 0 fully saturated rings. The molecule has 0 bridgehead atoms. The summed E-state index contributed by atoms with van der Waals surface area (Å²) < 4.78 is 25.6. The monoisotopic (exact) mass is 375 g/mol. The van der Waals surface area contributed by atoms with E-state index in [-0.39, 0.29) is 16.8 Å². The van der Waals surface area contributed by atoms with Crippen LogP contribution in [0.25, 0.3) is 0 Å². The number of sulfonamides is 1. The van der Waals surface area contributed by atoms with Crippen LogP contribution in [-0.4, -0.2) is 38.8 Å². The highest BCUT2D eigenvalue weighted by Crippen LogP contribution is 2.18. The third-order valence-corrected chi connectivity index (χ3v) is 5.88. The molecule has 0 aliphatic rings. The average Bonchev–Trinajstić information content (AvgIpc) is 2.62.